The number of piperidine rings is 1. The predicted molar refractivity (Wildman–Crippen MR) is 150 cm³/mol. The summed E-state index contributed by atoms with van der Waals surface area (Å²) in [7, 11) is 0. The highest BCUT2D eigenvalue weighted by Crippen LogP contribution is 2.41. The third-order valence-electron chi connectivity index (χ3n) is 8.80. The van der Waals surface area contributed by atoms with E-state index in [1.54, 1.807) is 24.3 Å². The summed E-state index contributed by atoms with van der Waals surface area (Å²) in [4.78, 5) is 7.38. The van der Waals surface area contributed by atoms with Crippen molar-refractivity contribution >= 4 is 11.4 Å². The molecule has 0 spiro atoms. The second-order valence-electron chi connectivity index (χ2n) is 11.1. The lowest BCUT2D eigenvalue weighted by atomic mass is 9.77. The van der Waals surface area contributed by atoms with E-state index in [4.69, 9.17) is 10.3 Å². The van der Waals surface area contributed by atoms with Crippen LogP contribution in [0.1, 0.15) is 105 Å². The van der Waals surface area contributed by atoms with Crippen LogP contribution >= 0.6 is 0 Å². The van der Waals surface area contributed by atoms with E-state index >= 15 is 4.39 Å². The molecule has 0 amide bonds. The minimum absolute atomic E-state index is 0.416. The number of nitriles is 1. The van der Waals surface area contributed by atoms with Crippen LogP contribution in [-0.2, 0) is 5.67 Å². The number of aliphatic imine (C=N–C) groups is 1. The Morgan fingerprint density at radius 3 is 2.38 bits per heavy atom. The number of benzene rings is 2. The van der Waals surface area contributed by atoms with E-state index in [0.29, 0.717) is 43.0 Å². The zero-order valence-corrected chi connectivity index (χ0v) is 22.3. The van der Waals surface area contributed by atoms with Gasteiger partial charge in [0, 0.05) is 43.0 Å². The molecule has 0 bridgehead atoms. The van der Waals surface area contributed by atoms with E-state index < -0.39 is 5.67 Å². The van der Waals surface area contributed by atoms with Crippen molar-refractivity contribution < 1.29 is 4.39 Å². The molecule has 2 fully saturated rings. The van der Waals surface area contributed by atoms with Crippen LogP contribution in [0.15, 0.2) is 65.3 Å². The summed E-state index contributed by atoms with van der Waals surface area (Å²) < 4.78 is 15.8. The molecule has 2 aromatic carbocycles. The number of hydrogen-bond donors (Lipinski definition) is 0. The van der Waals surface area contributed by atoms with Gasteiger partial charge in [0.25, 0.3) is 0 Å². The van der Waals surface area contributed by atoms with Gasteiger partial charge >= 0.3 is 0 Å². The zero-order chi connectivity index (χ0) is 26.0. The molecule has 1 heterocycles. The maximum Gasteiger partial charge on any atom is 0.139 e. The Hall–Kier alpha value is -3.19. The summed E-state index contributed by atoms with van der Waals surface area (Å²) >= 11 is 0. The van der Waals surface area contributed by atoms with Crippen LogP contribution in [-0.4, -0.2) is 23.7 Å². The van der Waals surface area contributed by atoms with Crippen LogP contribution < -0.4 is 0 Å². The van der Waals surface area contributed by atoms with E-state index in [2.05, 4.69) is 49.6 Å². The Bertz CT molecular complexity index is 1270. The van der Waals surface area contributed by atoms with Crippen molar-refractivity contribution in [3.63, 3.8) is 0 Å². The standard InChI is InChI=1S/C33H38FN3/c1-23-7-4-5-10-32(23)36-24(2)31-21-28(13-16-30(31)27-8-6-9-27)25(3)37-19-17-33(34,18-20-37)29-14-11-26(22-35)12-15-29/h11-16,21,27H,3-10,17-20H2,1-2H3. The van der Waals surface area contributed by atoms with E-state index in [9.17, 15) is 0 Å². The fraction of sp³-hybridized carbons (Fsp3) is 0.455. The van der Waals surface area contributed by atoms with Gasteiger partial charge in [-0.3, -0.25) is 4.99 Å². The average molecular weight is 496 g/mol. The number of allylic oxidation sites excluding steroid dienone is 2. The van der Waals surface area contributed by atoms with Crippen molar-refractivity contribution in [2.75, 3.05) is 13.1 Å². The van der Waals surface area contributed by atoms with Gasteiger partial charge < -0.3 is 4.90 Å². The van der Waals surface area contributed by atoms with Crippen molar-refractivity contribution in [1.82, 2.24) is 4.90 Å². The van der Waals surface area contributed by atoms with Gasteiger partial charge in [0.15, 0.2) is 0 Å². The van der Waals surface area contributed by atoms with Gasteiger partial charge in [0.2, 0.25) is 0 Å². The molecular formula is C33H38FN3. The molecule has 2 aliphatic carbocycles. The van der Waals surface area contributed by atoms with Crippen molar-refractivity contribution in [1.29, 1.82) is 5.26 Å². The lowest BCUT2D eigenvalue weighted by Gasteiger charge is -2.39. The molecule has 37 heavy (non-hydrogen) atoms. The van der Waals surface area contributed by atoms with Crippen LogP contribution in [0, 0.1) is 11.3 Å². The molecule has 0 atom stereocenters. The lowest BCUT2D eigenvalue weighted by Crippen LogP contribution is -2.39. The van der Waals surface area contributed by atoms with Gasteiger partial charge in [0.05, 0.1) is 11.6 Å². The minimum Gasteiger partial charge on any atom is -0.371 e. The van der Waals surface area contributed by atoms with E-state index in [1.165, 1.54) is 54.5 Å². The Balaban J connectivity index is 1.36. The number of alkyl halides is 1. The third kappa shape index (κ3) is 5.28. The van der Waals surface area contributed by atoms with Gasteiger partial charge in [0.1, 0.15) is 5.67 Å². The average Bonchev–Trinajstić information content (AvgIpc) is 2.89. The molecule has 0 N–H and O–H groups in total. The number of likely N-dealkylation sites (tertiary alicyclic amines) is 1. The van der Waals surface area contributed by atoms with Crippen LogP contribution in [0.3, 0.4) is 0 Å². The fourth-order valence-corrected chi connectivity index (χ4v) is 6.02. The number of rotatable bonds is 6. The van der Waals surface area contributed by atoms with Crippen LogP contribution in [0.4, 0.5) is 4.39 Å². The van der Waals surface area contributed by atoms with Crippen LogP contribution in [0.2, 0.25) is 0 Å². The summed E-state index contributed by atoms with van der Waals surface area (Å²) in [5.74, 6) is 0.624. The van der Waals surface area contributed by atoms with E-state index in [1.807, 2.05) is 0 Å². The highest BCUT2D eigenvalue weighted by molar-refractivity contribution is 6.01. The first kappa shape index (κ1) is 25.5. The Labute approximate surface area is 221 Å². The zero-order valence-electron chi connectivity index (χ0n) is 22.3. The minimum atomic E-state index is -1.36. The number of nitrogens with zero attached hydrogens (tertiary/aromatic N) is 3. The molecule has 0 aromatic heterocycles. The van der Waals surface area contributed by atoms with Crippen LogP contribution in [0.5, 0.6) is 0 Å². The Kier molecular flexibility index (Phi) is 7.33. The largest absolute Gasteiger partial charge is 0.371 e. The van der Waals surface area contributed by atoms with Gasteiger partial charge in [-0.15, -0.1) is 0 Å². The molecule has 3 nitrogen and oxygen atoms in total. The summed E-state index contributed by atoms with van der Waals surface area (Å²) in [5.41, 5.74) is 8.41. The first-order valence-electron chi connectivity index (χ1n) is 13.9. The highest BCUT2D eigenvalue weighted by atomic mass is 19.1. The normalized spacial score (nSPS) is 20.4. The summed E-state index contributed by atoms with van der Waals surface area (Å²) in [6.45, 7) is 10.1. The molecule has 1 aliphatic heterocycles. The molecule has 2 aromatic rings. The van der Waals surface area contributed by atoms with E-state index in [0.717, 1.165) is 29.8 Å². The predicted octanol–water partition coefficient (Wildman–Crippen LogP) is 8.41. The van der Waals surface area contributed by atoms with Gasteiger partial charge in [-0.2, -0.15) is 5.26 Å². The molecular weight excluding hydrogens is 457 g/mol. The quantitative estimate of drug-likeness (QED) is 0.377. The third-order valence-corrected chi connectivity index (χ3v) is 8.80. The van der Waals surface area contributed by atoms with Gasteiger partial charge in [-0.05, 0) is 98.7 Å². The van der Waals surface area contributed by atoms with Crippen molar-refractivity contribution in [2.24, 2.45) is 4.99 Å². The molecule has 0 unspecified atom stereocenters. The van der Waals surface area contributed by atoms with E-state index in [-0.39, 0.29) is 0 Å². The highest BCUT2D eigenvalue weighted by Gasteiger charge is 2.36. The first-order chi connectivity index (χ1) is 17.9. The topological polar surface area (TPSA) is 39.4 Å². The second-order valence-corrected chi connectivity index (χ2v) is 11.1. The van der Waals surface area contributed by atoms with Gasteiger partial charge in [-0.25, -0.2) is 4.39 Å². The van der Waals surface area contributed by atoms with Crippen molar-refractivity contribution in [3.8, 4) is 6.07 Å². The maximum atomic E-state index is 15.8. The Morgan fingerprint density at radius 1 is 1.05 bits per heavy atom. The molecule has 3 aliphatic rings. The van der Waals surface area contributed by atoms with Gasteiger partial charge in [-0.1, -0.05) is 42.8 Å². The smallest absolute Gasteiger partial charge is 0.139 e. The molecule has 5 rings (SSSR count). The maximum absolute atomic E-state index is 15.8. The lowest BCUT2D eigenvalue weighted by molar-refractivity contribution is 0.0794. The summed E-state index contributed by atoms with van der Waals surface area (Å²) in [5, 5.41) is 9.05. The van der Waals surface area contributed by atoms with Crippen molar-refractivity contribution in [2.45, 2.75) is 83.2 Å². The molecule has 0 radical (unpaired) electrons. The SMILES string of the molecule is C=C(c1ccc(C2CCC2)c(C(C)=NC2=C(C)CCCC2)c1)N1CCC(F)(c2ccc(C#N)cc2)CC1. The molecule has 1 saturated carbocycles. The molecule has 4 heteroatoms. The second kappa shape index (κ2) is 10.7. The van der Waals surface area contributed by atoms with Crippen LogP contribution in [0.25, 0.3) is 5.70 Å². The summed E-state index contributed by atoms with van der Waals surface area (Å²) in [6, 6.07) is 15.8. The first-order valence-corrected chi connectivity index (χ1v) is 13.9. The molecule has 1 saturated heterocycles. The van der Waals surface area contributed by atoms with Crippen molar-refractivity contribution in [3.05, 3.63) is 88.1 Å². The molecule has 192 valence electrons. The number of hydrogen-bond acceptors (Lipinski definition) is 3. The summed E-state index contributed by atoms with van der Waals surface area (Å²) in [6.07, 6.45) is 9.37. The Morgan fingerprint density at radius 2 is 1.76 bits per heavy atom. The fourth-order valence-electron chi connectivity index (χ4n) is 6.02. The monoisotopic (exact) mass is 495 g/mol. The number of halogens is 1.